The minimum Gasteiger partial charge on any atom is -0.369 e. The van der Waals surface area contributed by atoms with Crippen molar-refractivity contribution < 1.29 is 4.74 Å². The van der Waals surface area contributed by atoms with E-state index in [1.807, 2.05) is 6.07 Å². The average molecular weight is 191 g/mol. The van der Waals surface area contributed by atoms with Crippen LogP contribution in [-0.4, -0.2) is 12.6 Å². The molecule has 14 heavy (non-hydrogen) atoms. The molecule has 1 aliphatic rings. The van der Waals surface area contributed by atoms with Gasteiger partial charge in [0.15, 0.2) is 0 Å². The highest BCUT2D eigenvalue weighted by molar-refractivity contribution is 5.17. The van der Waals surface area contributed by atoms with Crippen LogP contribution in [0.1, 0.15) is 30.9 Å². The van der Waals surface area contributed by atoms with Gasteiger partial charge in [0.25, 0.3) is 0 Å². The molecule has 2 atom stereocenters. The van der Waals surface area contributed by atoms with Gasteiger partial charge in [-0.25, -0.2) is 0 Å². The summed E-state index contributed by atoms with van der Waals surface area (Å²) in [6.45, 7) is 0.642. The fraction of sp³-hybridized carbons (Fsp3) is 0.500. The molecule has 2 rings (SSSR count). The van der Waals surface area contributed by atoms with Gasteiger partial charge in [0.05, 0.1) is 12.2 Å². The van der Waals surface area contributed by atoms with E-state index >= 15 is 0 Å². The first-order valence-electron chi connectivity index (χ1n) is 5.30. The second-order valence-electron chi connectivity index (χ2n) is 3.82. The van der Waals surface area contributed by atoms with Crippen LogP contribution in [0.5, 0.6) is 0 Å². The summed E-state index contributed by atoms with van der Waals surface area (Å²) in [5.41, 5.74) is 6.90. The van der Waals surface area contributed by atoms with Crippen LogP contribution in [0.4, 0.5) is 0 Å². The predicted molar refractivity (Wildman–Crippen MR) is 57.0 cm³/mol. The molecule has 0 aliphatic carbocycles. The van der Waals surface area contributed by atoms with Crippen LogP contribution in [0.2, 0.25) is 0 Å². The lowest BCUT2D eigenvalue weighted by molar-refractivity contribution is -0.0461. The van der Waals surface area contributed by atoms with Gasteiger partial charge in [-0.05, 0) is 24.8 Å². The first-order chi connectivity index (χ1) is 6.90. The molecule has 2 nitrogen and oxygen atoms in total. The molecule has 2 N–H and O–H groups in total. The Morgan fingerprint density at radius 1 is 1.21 bits per heavy atom. The highest BCUT2D eigenvalue weighted by atomic mass is 16.5. The molecular formula is C12H17NO. The van der Waals surface area contributed by atoms with Gasteiger partial charge in [-0.15, -0.1) is 0 Å². The summed E-state index contributed by atoms with van der Waals surface area (Å²) in [6, 6.07) is 10.4. The van der Waals surface area contributed by atoms with Crippen LogP contribution in [0.15, 0.2) is 30.3 Å². The predicted octanol–water partition coefficient (Wildman–Crippen LogP) is 2.26. The Morgan fingerprint density at radius 3 is 2.71 bits per heavy atom. The quantitative estimate of drug-likeness (QED) is 0.778. The van der Waals surface area contributed by atoms with Crippen molar-refractivity contribution in [1.82, 2.24) is 0 Å². The van der Waals surface area contributed by atoms with Crippen molar-refractivity contribution in [2.24, 2.45) is 5.73 Å². The van der Waals surface area contributed by atoms with E-state index in [0.29, 0.717) is 6.54 Å². The molecule has 0 radical (unpaired) electrons. The van der Waals surface area contributed by atoms with Crippen molar-refractivity contribution in [2.45, 2.75) is 31.5 Å². The third kappa shape index (κ3) is 2.14. The first-order valence-corrected chi connectivity index (χ1v) is 5.30. The number of benzene rings is 1. The molecule has 1 fully saturated rings. The standard InChI is InChI=1S/C12H17NO/c13-9-11-7-4-8-12(14-11)10-5-2-1-3-6-10/h1-3,5-6,11-12H,4,7-9,13H2/t11-,12+/m0/s1. The van der Waals surface area contributed by atoms with Crippen molar-refractivity contribution in [3.05, 3.63) is 35.9 Å². The lowest BCUT2D eigenvalue weighted by atomic mass is 9.98. The van der Waals surface area contributed by atoms with Crippen LogP contribution >= 0.6 is 0 Å². The topological polar surface area (TPSA) is 35.2 Å². The molecular weight excluding hydrogens is 174 g/mol. The smallest absolute Gasteiger partial charge is 0.0829 e. The summed E-state index contributed by atoms with van der Waals surface area (Å²) in [5, 5.41) is 0. The average Bonchev–Trinajstić information content (AvgIpc) is 2.30. The number of nitrogens with two attached hydrogens (primary N) is 1. The number of ether oxygens (including phenoxy) is 1. The van der Waals surface area contributed by atoms with Gasteiger partial charge in [-0.3, -0.25) is 0 Å². The Hall–Kier alpha value is -0.860. The lowest BCUT2D eigenvalue weighted by Gasteiger charge is -2.29. The van der Waals surface area contributed by atoms with Crippen molar-refractivity contribution in [1.29, 1.82) is 0 Å². The largest absolute Gasteiger partial charge is 0.369 e. The maximum Gasteiger partial charge on any atom is 0.0829 e. The van der Waals surface area contributed by atoms with Crippen molar-refractivity contribution in [3.63, 3.8) is 0 Å². The van der Waals surface area contributed by atoms with Gasteiger partial charge in [-0.2, -0.15) is 0 Å². The summed E-state index contributed by atoms with van der Waals surface area (Å²) in [6.07, 6.45) is 3.98. The van der Waals surface area contributed by atoms with Crippen LogP contribution in [0, 0.1) is 0 Å². The third-order valence-electron chi connectivity index (χ3n) is 2.78. The van der Waals surface area contributed by atoms with E-state index in [4.69, 9.17) is 10.5 Å². The zero-order valence-corrected chi connectivity index (χ0v) is 8.36. The normalized spacial score (nSPS) is 27.5. The van der Waals surface area contributed by atoms with E-state index in [9.17, 15) is 0 Å². The second kappa shape index (κ2) is 4.58. The number of rotatable bonds is 2. The molecule has 76 valence electrons. The van der Waals surface area contributed by atoms with E-state index in [-0.39, 0.29) is 12.2 Å². The molecule has 0 spiro atoms. The minimum absolute atomic E-state index is 0.258. The highest BCUT2D eigenvalue weighted by Gasteiger charge is 2.22. The first kappa shape index (κ1) is 9.69. The van der Waals surface area contributed by atoms with E-state index in [2.05, 4.69) is 24.3 Å². The Labute approximate surface area is 85.1 Å². The Kier molecular flexibility index (Phi) is 3.17. The fourth-order valence-electron chi connectivity index (χ4n) is 1.99. The summed E-state index contributed by atoms with van der Waals surface area (Å²) in [7, 11) is 0. The van der Waals surface area contributed by atoms with Crippen molar-refractivity contribution >= 4 is 0 Å². The number of hydrogen-bond acceptors (Lipinski definition) is 2. The molecule has 0 unspecified atom stereocenters. The van der Waals surface area contributed by atoms with Gasteiger partial charge in [0.2, 0.25) is 0 Å². The SMILES string of the molecule is NC[C@@H]1CCC[C@H](c2ccccc2)O1. The summed E-state index contributed by atoms with van der Waals surface area (Å²) in [5.74, 6) is 0. The molecule has 0 aromatic heterocycles. The molecule has 0 saturated carbocycles. The number of hydrogen-bond donors (Lipinski definition) is 1. The summed E-state index contributed by atoms with van der Waals surface area (Å²) < 4.78 is 5.90. The van der Waals surface area contributed by atoms with E-state index < -0.39 is 0 Å². The molecule has 0 bridgehead atoms. The summed E-state index contributed by atoms with van der Waals surface area (Å²) >= 11 is 0. The molecule has 1 aliphatic heterocycles. The van der Waals surface area contributed by atoms with E-state index in [1.54, 1.807) is 0 Å². The molecule has 1 aromatic rings. The molecule has 0 amide bonds. The van der Waals surface area contributed by atoms with E-state index in [1.165, 1.54) is 12.0 Å². The minimum atomic E-state index is 0.258. The zero-order chi connectivity index (χ0) is 9.80. The maximum atomic E-state index is 5.90. The van der Waals surface area contributed by atoms with Gasteiger partial charge in [0, 0.05) is 6.54 Å². The zero-order valence-electron chi connectivity index (χ0n) is 8.36. The molecule has 2 heteroatoms. The Morgan fingerprint density at radius 2 is 2.00 bits per heavy atom. The van der Waals surface area contributed by atoms with Crippen LogP contribution in [-0.2, 0) is 4.74 Å². The molecule has 1 aromatic carbocycles. The van der Waals surface area contributed by atoms with Gasteiger partial charge >= 0.3 is 0 Å². The Balaban J connectivity index is 2.04. The molecule has 1 saturated heterocycles. The summed E-state index contributed by atoms with van der Waals surface area (Å²) in [4.78, 5) is 0. The van der Waals surface area contributed by atoms with Gasteiger partial charge in [0.1, 0.15) is 0 Å². The van der Waals surface area contributed by atoms with Crippen LogP contribution in [0.3, 0.4) is 0 Å². The maximum absolute atomic E-state index is 5.90. The van der Waals surface area contributed by atoms with Crippen LogP contribution in [0.25, 0.3) is 0 Å². The highest BCUT2D eigenvalue weighted by Crippen LogP contribution is 2.30. The third-order valence-corrected chi connectivity index (χ3v) is 2.78. The Bertz CT molecular complexity index is 273. The van der Waals surface area contributed by atoms with E-state index in [0.717, 1.165) is 12.8 Å². The molecule has 1 heterocycles. The van der Waals surface area contributed by atoms with Gasteiger partial charge < -0.3 is 10.5 Å². The van der Waals surface area contributed by atoms with Gasteiger partial charge in [-0.1, -0.05) is 30.3 Å². The van der Waals surface area contributed by atoms with Crippen molar-refractivity contribution in [3.8, 4) is 0 Å². The fourth-order valence-corrected chi connectivity index (χ4v) is 1.99. The van der Waals surface area contributed by atoms with Crippen molar-refractivity contribution in [2.75, 3.05) is 6.54 Å². The monoisotopic (exact) mass is 191 g/mol. The second-order valence-corrected chi connectivity index (χ2v) is 3.82. The lowest BCUT2D eigenvalue weighted by Crippen LogP contribution is -2.29. The van der Waals surface area contributed by atoms with Crippen LogP contribution < -0.4 is 5.73 Å².